The van der Waals surface area contributed by atoms with Crippen LogP contribution in [0.5, 0.6) is 0 Å². The van der Waals surface area contributed by atoms with Gasteiger partial charge in [-0.15, -0.1) is 0 Å². The summed E-state index contributed by atoms with van der Waals surface area (Å²) >= 11 is 0. The fourth-order valence-corrected chi connectivity index (χ4v) is 6.27. The topological polar surface area (TPSA) is 115 Å². The first kappa shape index (κ1) is 22.9. The van der Waals surface area contributed by atoms with E-state index in [1.165, 1.54) is 31.4 Å². The third-order valence-corrected chi connectivity index (χ3v) is 7.96. The molecule has 10 heteroatoms. The number of nitrogens with zero attached hydrogens (tertiary/aromatic N) is 2. The molecule has 1 unspecified atom stereocenters. The van der Waals surface area contributed by atoms with Crippen molar-refractivity contribution < 1.29 is 29.4 Å². The zero-order valence-electron chi connectivity index (χ0n) is 16.2. The predicted molar refractivity (Wildman–Crippen MR) is 108 cm³/mol. The van der Waals surface area contributed by atoms with Crippen LogP contribution in [0.3, 0.4) is 0 Å². The van der Waals surface area contributed by atoms with Crippen LogP contribution in [-0.2, 0) is 19.2 Å². The van der Waals surface area contributed by atoms with Crippen LogP contribution < -0.4 is 0 Å². The summed E-state index contributed by atoms with van der Waals surface area (Å²) in [5.41, 5.74) is 0. The molecule has 8 nitrogen and oxygen atoms in total. The first-order chi connectivity index (χ1) is 13.2. The quantitative estimate of drug-likeness (QED) is 0.419. The lowest BCUT2D eigenvalue weighted by molar-refractivity contribution is -0.149. The van der Waals surface area contributed by atoms with E-state index in [1.54, 1.807) is 13.8 Å². The van der Waals surface area contributed by atoms with Gasteiger partial charge in [0.05, 0.1) is 0 Å². The normalized spacial score (nSPS) is 24.2. The zero-order chi connectivity index (χ0) is 20.8. The summed E-state index contributed by atoms with van der Waals surface area (Å²) in [6.45, 7) is 4.57. The molecule has 0 aromatic carbocycles. The minimum absolute atomic E-state index is 0.136. The highest BCUT2D eigenvalue weighted by molar-refractivity contribution is 8.76. The monoisotopic (exact) mass is 432 g/mol. The Labute approximate surface area is 172 Å². The van der Waals surface area contributed by atoms with E-state index >= 15 is 0 Å². The molecule has 2 rings (SSSR count). The number of aliphatic carboxylic acids is 2. The van der Waals surface area contributed by atoms with Crippen molar-refractivity contribution in [2.24, 2.45) is 11.8 Å². The molecule has 0 aromatic heterocycles. The number of hydrogen-bond acceptors (Lipinski definition) is 6. The number of hydrogen-bond donors (Lipinski definition) is 2. The summed E-state index contributed by atoms with van der Waals surface area (Å²) in [4.78, 5) is 50.4. The van der Waals surface area contributed by atoms with Crippen molar-refractivity contribution in [3.8, 4) is 0 Å². The maximum Gasteiger partial charge on any atom is 0.326 e. The molecule has 2 N–H and O–H groups in total. The molecule has 2 saturated heterocycles. The Balaban J connectivity index is 1.73. The average Bonchev–Trinajstić information content (AvgIpc) is 3.32. The number of carboxylic acid groups (broad SMARTS) is 2. The lowest BCUT2D eigenvalue weighted by Gasteiger charge is -2.25. The van der Waals surface area contributed by atoms with Gasteiger partial charge in [-0.3, -0.25) is 9.59 Å². The first-order valence-electron chi connectivity index (χ1n) is 9.55. The van der Waals surface area contributed by atoms with Crippen LogP contribution >= 0.6 is 21.6 Å². The molecule has 28 heavy (non-hydrogen) atoms. The van der Waals surface area contributed by atoms with Crippen molar-refractivity contribution in [3.05, 3.63) is 0 Å². The number of carboxylic acids is 2. The molecular weight excluding hydrogens is 404 g/mol. The first-order valence-corrected chi connectivity index (χ1v) is 12.0. The lowest BCUT2D eigenvalue weighted by Crippen LogP contribution is -2.43. The number of carbonyl (C=O) groups excluding carboxylic acids is 2. The van der Waals surface area contributed by atoms with Crippen molar-refractivity contribution in [2.45, 2.75) is 51.6 Å². The Morgan fingerprint density at radius 1 is 0.821 bits per heavy atom. The van der Waals surface area contributed by atoms with Gasteiger partial charge in [0.25, 0.3) is 0 Å². The van der Waals surface area contributed by atoms with Gasteiger partial charge in [-0.25, -0.2) is 9.59 Å². The SMILES string of the molecule is CC(CSSC[C@@H](C)C(=O)N1CCC[C@H]1C(=O)O)C(=O)N1CCC[C@H]1C(=O)O. The number of likely N-dealkylation sites (tertiary alicyclic amines) is 2. The highest BCUT2D eigenvalue weighted by Crippen LogP contribution is 2.30. The van der Waals surface area contributed by atoms with E-state index < -0.39 is 24.0 Å². The Morgan fingerprint density at radius 2 is 1.18 bits per heavy atom. The molecule has 2 aliphatic heterocycles. The lowest BCUT2D eigenvalue weighted by atomic mass is 10.1. The third kappa shape index (κ3) is 5.56. The minimum Gasteiger partial charge on any atom is -0.480 e. The molecule has 0 spiro atoms. The van der Waals surface area contributed by atoms with Crippen LogP contribution in [-0.4, -0.2) is 80.4 Å². The Bertz CT molecular complexity index is 565. The molecule has 158 valence electrons. The van der Waals surface area contributed by atoms with Gasteiger partial charge in [0, 0.05) is 36.4 Å². The molecule has 2 fully saturated rings. The Morgan fingerprint density at radius 3 is 1.50 bits per heavy atom. The summed E-state index contributed by atoms with van der Waals surface area (Å²) in [5, 5.41) is 18.4. The van der Waals surface area contributed by atoms with Gasteiger partial charge in [-0.1, -0.05) is 35.4 Å². The van der Waals surface area contributed by atoms with Gasteiger partial charge in [0.1, 0.15) is 12.1 Å². The molecular formula is C18H28N2O6S2. The Kier molecular flexibility index (Phi) is 8.48. The van der Waals surface area contributed by atoms with Crippen LogP contribution in [0.1, 0.15) is 39.5 Å². The summed E-state index contributed by atoms with van der Waals surface area (Å²) in [6.07, 6.45) is 2.43. The van der Waals surface area contributed by atoms with Gasteiger partial charge < -0.3 is 20.0 Å². The summed E-state index contributed by atoms with van der Waals surface area (Å²) in [6, 6.07) is -1.43. The van der Waals surface area contributed by atoms with Crippen molar-refractivity contribution in [1.82, 2.24) is 9.80 Å². The second-order valence-electron chi connectivity index (χ2n) is 7.43. The maximum absolute atomic E-state index is 12.5. The van der Waals surface area contributed by atoms with Crippen LogP contribution in [0.2, 0.25) is 0 Å². The van der Waals surface area contributed by atoms with Crippen LogP contribution in [0.25, 0.3) is 0 Å². The van der Waals surface area contributed by atoms with Crippen molar-refractivity contribution in [1.29, 1.82) is 0 Å². The van der Waals surface area contributed by atoms with E-state index in [1.807, 2.05) is 0 Å². The average molecular weight is 433 g/mol. The van der Waals surface area contributed by atoms with Gasteiger partial charge in [-0.05, 0) is 25.7 Å². The third-order valence-electron chi connectivity index (χ3n) is 5.20. The number of rotatable bonds is 9. The second kappa shape index (κ2) is 10.4. The van der Waals surface area contributed by atoms with E-state index in [4.69, 9.17) is 0 Å². The van der Waals surface area contributed by atoms with E-state index in [0.717, 1.165) is 0 Å². The largest absolute Gasteiger partial charge is 0.480 e. The molecule has 4 atom stereocenters. The van der Waals surface area contributed by atoms with E-state index in [9.17, 15) is 29.4 Å². The molecule has 0 aliphatic carbocycles. The van der Waals surface area contributed by atoms with E-state index in [0.29, 0.717) is 50.3 Å². The van der Waals surface area contributed by atoms with Gasteiger partial charge in [-0.2, -0.15) is 0 Å². The highest BCUT2D eigenvalue weighted by atomic mass is 33.1. The van der Waals surface area contributed by atoms with Crippen molar-refractivity contribution in [3.63, 3.8) is 0 Å². The molecule has 0 saturated carbocycles. The predicted octanol–water partition coefficient (Wildman–Crippen LogP) is 1.79. The smallest absolute Gasteiger partial charge is 0.326 e. The van der Waals surface area contributed by atoms with Crippen molar-refractivity contribution >= 4 is 45.3 Å². The Hall–Kier alpha value is -1.42. The van der Waals surface area contributed by atoms with Crippen LogP contribution in [0, 0.1) is 11.8 Å². The van der Waals surface area contributed by atoms with Crippen molar-refractivity contribution in [2.75, 3.05) is 24.6 Å². The maximum atomic E-state index is 12.5. The summed E-state index contributed by atoms with van der Waals surface area (Å²) in [5.74, 6) is -1.68. The standard InChI is InChI=1S/C18H28N2O6S2/c1-11(15(21)19-7-3-5-13(19)17(23)24)9-27-28-10-12(2)16(22)20-8-4-6-14(20)18(25)26/h11-14H,3-10H2,1-2H3,(H,23,24)(H,25,26)/t11-,12?,13+,14+/m1/s1. The minimum atomic E-state index is -0.950. The van der Waals surface area contributed by atoms with Crippen LogP contribution in [0.4, 0.5) is 0 Å². The van der Waals surface area contributed by atoms with Gasteiger partial charge >= 0.3 is 11.9 Å². The van der Waals surface area contributed by atoms with Gasteiger partial charge in [0.2, 0.25) is 11.8 Å². The fraction of sp³-hybridized carbons (Fsp3) is 0.778. The molecule has 2 amide bonds. The molecule has 0 bridgehead atoms. The molecule has 0 aromatic rings. The van der Waals surface area contributed by atoms with E-state index in [-0.39, 0.29) is 23.7 Å². The molecule has 2 aliphatic rings. The second-order valence-corrected chi connectivity index (χ2v) is 9.98. The van der Waals surface area contributed by atoms with Crippen LogP contribution in [0.15, 0.2) is 0 Å². The zero-order valence-corrected chi connectivity index (χ0v) is 17.8. The van der Waals surface area contributed by atoms with Gasteiger partial charge in [0.15, 0.2) is 0 Å². The number of carbonyl (C=O) groups is 4. The number of amides is 2. The summed E-state index contributed by atoms with van der Waals surface area (Å²) in [7, 11) is 2.98. The molecule has 0 radical (unpaired) electrons. The highest BCUT2D eigenvalue weighted by Gasteiger charge is 2.37. The fourth-order valence-electron chi connectivity index (χ4n) is 3.58. The summed E-state index contributed by atoms with van der Waals surface area (Å²) < 4.78 is 0. The van der Waals surface area contributed by atoms with E-state index in [2.05, 4.69) is 0 Å². The molecule has 2 heterocycles.